The van der Waals surface area contributed by atoms with Gasteiger partial charge in [-0.25, -0.2) is 5.43 Å². The number of carbonyl (C=O) groups excluding carboxylic acids is 1. The summed E-state index contributed by atoms with van der Waals surface area (Å²) in [5.74, 6) is -0.383. The Balaban J connectivity index is 1.76. The predicted octanol–water partition coefficient (Wildman–Crippen LogP) is 3.97. The second-order valence-electron chi connectivity index (χ2n) is 5.56. The third kappa shape index (κ3) is 4.12. The normalized spacial score (nSPS) is 11.1. The maximum Gasteiger partial charge on any atom is 0.307 e. The van der Waals surface area contributed by atoms with Crippen molar-refractivity contribution in [1.29, 1.82) is 0 Å². The summed E-state index contributed by atoms with van der Waals surface area (Å²) in [5.41, 5.74) is 3.14. The van der Waals surface area contributed by atoms with Crippen molar-refractivity contribution in [1.82, 2.24) is 5.43 Å². The van der Waals surface area contributed by atoms with Gasteiger partial charge in [0, 0.05) is 27.6 Å². The Morgan fingerprint density at radius 3 is 2.89 bits per heavy atom. The number of benzene rings is 2. The molecule has 144 valence electrons. The number of hydrogen-bond acceptors (Lipinski definition) is 7. The number of hydrazone groups is 1. The molecule has 2 aromatic carbocycles. The molecule has 3 rings (SSSR count). The lowest BCUT2D eigenvalue weighted by Crippen LogP contribution is -2.16. The summed E-state index contributed by atoms with van der Waals surface area (Å²) in [6.45, 7) is 2.17. The first kappa shape index (κ1) is 19.4. The summed E-state index contributed by atoms with van der Waals surface area (Å²) < 4.78 is 11.3. The highest BCUT2D eigenvalue weighted by atomic mass is 79.9. The number of amides is 1. The molecule has 0 bridgehead atoms. The number of halogens is 1. The van der Waals surface area contributed by atoms with Gasteiger partial charge in [0.25, 0.3) is 5.69 Å². The van der Waals surface area contributed by atoms with E-state index < -0.39 is 10.8 Å². The third-order valence-corrected chi connectivity index (χ3v) is 4.37. The van der Waals surface area contributed by atoms with Crippen LogP contribution in [0, 0.1) is 10.1 Å². The van der Waals surface area contributed by atoms with Crippen molar-refractivity contribution in [2.45, 2.75) is 6.92 Å². The fourth-order valence-electron chi connectivity index (χ4n) is 2.40. The van der Waals surface area contributed by atoms with E-state index in [1.165, 1.54) is 36.5 Å². The maximum absolute atomic E-state index is 12.2. The summed E-state index contributed by atoms with van der Waals surface area (Å²) in [4.78, 5) is 22.5. The van der Waals surface area contributed by atoms with E-state index in [9.17, 15) is 20.0 Å². The van der Waals surface area contributed by atoms with Gasteiger partial charge in [-0.05, 0) is 47.1 Å². The Labute approximate surface area is 166 Å². The Hall–Kier alpha value is -3.40. The van der Waals surface area contributed by atoms with E-state index >= 15 is 0 Å². The molecule has 0 aliphatic carbocycles. The molecular formula is C18H14BrN3O6. The van der Waals surface area contributed by atoms with E-state index in [2.05, 4.69) is 26.5 Å². The molecular weight excluding hydrogens is 434 g/mol. The molecule has 0 spiro atoms. The molecule has 0 saturated carbocycles. The monoisotopic (exact) mass is 447 g/mol. The van der Waals surface area contributed by atoms with Crippen LogP contribution in [0.2, 0.25) is 0 Å². The summed E-state index contributed by atoms with van der Waals surface area (Å²) in [5, 5.41) is 24.9. The zero-order valence-electron chi connectivity index (χ0n) is 14.5. The largest absolute Gasteiger partial charge is 0.504 e. The standard InChI is InChI=1S/C18H14BrN3O6/c1-2-27-16-7-11(13(19)8-14(16)23)9-20-21-18(24)17-6-10-5-12(22(25)26)3-4-15(10)28-17/h3-9,23H,2H2,1H3,(H,21,24)/b20-9+. The van der Waals surface area contributed by atoms with Crippen molar-refractivity contribution in [2.24, 2.45) is 5.10 Å². The quantitative estimate of drug-likeness (QED) is 0.334. The van der Waals surface area contributed by atoms with Crippen LogP contribution in [-0.4, -0.2) is 28.8 Å². The number of aromatic hydroxyl groups is 1. The summed E-state index contributed by atoms with van der Waals surface area (Å²) in [6, 6.07) is 8.47. The number of phenolic OH excluding ortho intramolecular Hbond substituents is 1. The lowest BCUT2D eigenvalue weighted by molar-refractivity contribution is -0.384. The van der Waals surface area contributed by atoms with Gasteiger partial charge < -0.3 is 14.3 Å². The number of nitro benzene ring substituents is 1. The van der Waals surface area contributed by atoms with Crippen molar-refractivity contribution in [3.05, 3.63) is 62.3 Å². The molecule has 10 heteroatoms. The fourth-order valence-corrected chi connectivity index (χ4v) is 2.83. The van der Waals surface area contributed by atoms with Crippen molar-refractivity contribution >= 4 is 44.7 Å². The minimum absolute atomic E-state index is 0.0220. The molecule has 1 heterocycles. The predicted molar refractivity (Wildman–Crippen MR) is 105 cm³/mol. The maximum atomic E-state index is 12.2. The minimum Gasteiger partial charge on any atom is -0.504 e. The minimum atomic E-state index is -0.616. The summed E-state index contributed by atoms with van der Waals surface area (Å²) in [6.07, 6.45) is 1.37. The smallest absolute Gasteiger partial charge is 0.307 e. The van der Waals surface area contributed by atoms with E-state index in [1.807, 2.05) is 0 Å². The zero-order chi connectivity index (χ0) is 20.3. The molecule has 0 fully saturated rings. The number of furan rings is 1. The van der Waals surface area contributed by atoms with Crippen LogP contribution in [0.5, 0.6) is 11.5 Å². The number of fused-ring (bicyclic) bond motifs is 1. The van der Waals surface area contributed by atoms with Gasteiger partial charge in [0.15, 0.2) is 17.3 Å². The Kier molecular flexibility index (Phi) is 5.59. The molecule has 0 atom stereocenters. The second-order valence-corrected chi connectivity index (χ2v) is 6.42. The van der Waals surface area contributed by atoms with Crippen LogP contribution >= 0.6 is 15.9 Å². The molecule has 0 aliphatic heterocycles. The average molecular weight is 448 g/mol. The first-order chi connectivity index (χ1) is 13.4. The number of nitro groups is 1. The number of hydrogen-bond donors (Lipinski definition) is 2. The fraction of sp³-hybridized carbons (Fsp3) is 0.111. The molecule has 9 nitrogen and oxygen atoms in total. The van der Waals surface area contributed by atoms with Crippen LogP contribution in [0.4, 0.5) is 5.69 Å². The van der Waals surface area contributed by atoms with Crippen LogP contribution in [0.3, 0.4) is 0 Å². The van der Waals surface area contributed by atoms with Crippen molar-refractivity contribution in [3.8, 4) is 11.5 Å². The molecule has 0 saturated heterocycles. The van der Waals surface area contributed by atoms with Crippen LogP contribution in [0.15, 0.2) is 50.4 Å². The Morgan fingerprint density at radius 2 is 2.18 bits per heavy atom. The van der Waals surface area contributed by atoms with Gasteiger partial charge in [0.2, 0.25) is 0 Å². The molecule has 3 aromatic rings. The highest BCUT2D eigenvalue weighted by Crippen LogP contribution is 2.32. The van der Waals surface area contributed by atoms with Crippen LogP contribution < -0.4 is 10.2 Å². The SMILES string of the molecule is CCOc1cc(/C=N/NC(=O)c2cc3cc([N+](=O)[O-])ccc3o2)c(Br)cc1O. The van der Waals surface area contributed by atoms with Crippen molar-refractivity contribution < 1.29 is 24.0 Å². The molecule has 0 radical (unpaired) electrons. The molecule has 28 heavy (non-hydrogen) atoms. The number of non-ortho nitro benzene ring substituents is 1. The number of carbonyl (C=O) groups is 1. The van der Waals surface area contributed by atoms with Gasteiger partial charge in [-0.15, -0.1) is 0 Å². The second kappa shape index (κ2) is 8.09. The van der Waals surface area contributed by atoms with E-state index in [1.54, 1.807) is 13.0 Å². The summed E-state index contributed by atoms with van der Waals surface area (Å²) in [7, 11) is 0. The first-order valence-corrected chi connectivity index (χ1v) is 8.85. The van der Waals surface area contributed by atoms with E-state index in [0.717, 1.165) is 0 Å². The van der Waals surface area contributed by atoms with Crippen LogP contribution in [0.1, 0.15) is 23.0 Å². The Morgan fingerprint density at radius 1 is 1.39 bits per heavy atom. The summed E-state index contributed by atoms with van der Waals surface area (Å²) >= 11 is 3.29. The van der Waals surface area contributed by atoms with Crippen LogP contribution in [-0.2, 0) is 0 Å². The topological polar surface area (TPSA) is 127 Å². The average Bonchev–Trinajstić information content (AvgIpc) is 3.08. The van der Waals surface area contributed by atoms with Gasteiger partial charge in [0.1, 0.15) is 5.58 Å². The lowest BCUT2D eigenvalue weighted by atomic mass is 10.2. The van der Waals surface area contributed by atoms with E-state index in [0.29, 0.717) is 27.6 Å². The van der Waals surface area contributed by atoms with E-state index in [-0.39, 0.29) is 22.9 Å². The number of nitrogens with zero attached hydrogens (tertiary/aromatic N) is 2. The molecule has 0 aliphatic rings. The Bertz CT molecular complexity index is 1090. The molecule has 1 amide bonds. The van der Waals surface area contributed by atoms with Crippen LogP contribution in [0.25, 0.3) is 11.0 Å². The first-order valence-electron chi connectivity index (χ1n) is 8.05. The van der Waals surface area contributed by atoms with Crippen molar-refractivity contribution in [3.63, 3.8) is 0 Å². The number of phenols is 1. The van der Waals surface area contributed by atoms with Gasteiger partial charge in [-0.3, -0.25) is 14.9 Å². The molecule has 2 N–H and O–H groups in total. The highest BCUT2D eigenvalue weighted by Gasteiger charge is 2.15. The van der Waals surface area contributed by atoms with Gasteiger partial charge in [0.05, 0.1) is 17.7 Å². The van der Waals surface area contributed by atoms with Gasteiger partial charge >= 0.3 is 5.91 Å². The highest BCUT2D eigenvalue weighted by molar-refractivity contribution is 9.10. The molecule has 1 aromatic heterocycles. The lowest BCUT2D eigenvalue weighted by Gasteiger charge is -2.08. The zero-order valence-corrected chi connectivity index (χ0v) is 16.1. The number of ether oxygens (including phenoxy) is 1. The van der Waals surface area contributed by atoms with Crippen molar-refractivity contribution in [2.75, 3.05) is 6.61 Å². The number of nitrogens with one attached hydrogen (secondary N) is 1. The van der Waals surface area contributed by atoms with E-state index in [4.69, 9.17) is 9.15 Å². The molecule has 0 unspecified atom stereocenters. The third-order valence-electron chi connectivity index (χ3n) is 3.68. The van der Waals surface area contributed by atoms with Gasteiger partial charge in [-0.1, -0.05) is 0 Å². The number of rotatable bonds is 6. The van der Waals surface area contributed by atoms with Gasteiger partial charge in [-0.2, -0.15) is 5.10 Å².